The number of aromatic nitrogens is 1. The number of Topliss-reactive ketones (excluding diaryl/α,β-unsaturated/α-hetero) is 1. The SMILES string of the molecule is COc1ccc2nc(N3C(=O)C(=O)/C(=C(/O)c4ccc(Cl)cc4)[C@@H]3c3ccccc3F)sc2c1. The molecule has 9 heteroatoms. The monoisotopic (exact) mass is 494 g/mol. The average molecular weight is 495 g/mol. The summed E-state index contributed by atoms with van der Waals surface area (Å²) in [6, 6.07) is 16.0. The lowest BCUT2D eigenvalue weighted by Gasteiger charge is -2.23. The number of rotatable bonds is 4. The van der Waals surface area contributed by atoms with Crippen molar-refractivity contribution in [1.29, 1.82) is 0 Å². The van der Waals surface area contributed by atoms with Gasteiger partial charge in [-0.15, -0.1) is 0 Å². The molecule has 1 N–H and O–H groups in total. The number of hydrogen-bond donors (Lipinski definition) is 1. The van der Waals surface area contributed by atoms with E-state index in [9.17, 15) is 19.1 Å². The van der Waals surface area contributed by atoms with Crippen molar-refractivity contribution in [2.24, 2.45) is 0 Å². The van der Waals surface area contributed by atoms with Crippen LogP contribution in [0.5, 0.6) is 5.75 Å². The van der Waals surface area contributed by atoms with Crippen LogP contribution in [0.4, 0.5) is 9.52 Å². The molecule has 1 aliphatic rings. The molecule has 0 radical (unpaired) electrons. The molecule has 1 aliphatic heterocycles. The average Bonchev–Trinajstić information content (AvgIpc) is 3.37. The number of thiazole rings is 1. The smallest absolute Gasteiger partial charge is 0.301 e. The summed E-state index contributed by atoms with van der Waals surface area (Å²) in [5.74, 6) is -2.27. The van der Waals surface area contributed by atoms with E-state index in [-0.39, 0.29) is 21.8 Å². The molecule has 1 atom stereocenters. The zero-order chi connectivity index (χ0) is 24.0. The molecule has 1 saturated heterocycles. The standard InChI is InChI=1S/C25H16ClFN2O4S/c1-33-15-10-11-18-19(12-15)34-25(28-18)29-21(16-4-2-3-5-17(16)27)20(23(31)24(29)32)22(30)13-6-8-14(26)9-7-13/h2-12,21,30H,1H3/b22-20+/t21-/m0/s1. The third-order valence-electron chi connectivity index (χ3n) is 5.55. The molecule has 0 saturated carbocycles. The summed E-state index contributed by atoms with van der Waals surface area (Å²) >= 11 is 7.11. The summed E-state index contributed by atoms with van der Waals surface area (Å²) in [6.07, 6.45) is 0. The fraction of sp³-hybridized carbons (Fsp3) is 0.0800. The highest BCUT2D eigenvalue weighted by Gasteiger charge is 2.49. The minimum absolute atomic E-state index is 0.0639. The van der Waals surface area contributed by atoms with E-state index in [4.69, 9.17) is 16.3 Å². The maximum absolute atomic E-state index is 15.0. The van der Waals surface area contributed by atoms with Crippen LogP contribution in [0.15, 0.2) is 72.3 Å². The molecular formula is C25H16ClFN2O4S. The van der Waals surface area contributed by atoms with Crippen molar-refractivity contribution in [3.8, 4) is 5.75 Å². The lowest BCUT2D eigenvalue weighted by Crippen LogP contribution is -2.29. The first-order valence-corrected chi connectivity index (χ1v) is 11.3. The molecule has 1 aromatic heterocycles. The summed E-state index contributed by atoms with van der Waals surface area (Å²) < 4.78 is 21.0. The maximum atomic E-state index is 15.0. The van der Waals surface area contributed by atoms with Crippen LogP contribution in [0.25, 0.3) is 16.0 Å². The lowest BCUT2D eigenvalue weighted by molar-refractivity contribution is -0.132. The zero-order valence-electron chi connectivity index (χ0n) is 17.7. The van der Waals surface area contributed by atoms with E-state index in [2.05, 4.69) is 4.98 Å². The van der Waals surface area contributed by atoms with Gasteiger partial charge >= 0.3 is 5.91 Å². The van der Waals surface area contributed by atoms with Crippen LogP contribution in [0.2, 0.25) is 5.02 Å². The quantitative estimate of drug-likeness (QED) is 0.223. The molecule has 0 unspecified atom stereocenters. The number of anilines is 1. The molecule has 4 aromatic rings. The summed E-state index contributed by atoms with van der Waals surface area (Å²) in [4.78, 5) is 32.1. The number of aliphatic hydroxyl groups is 1. The van der Waals surface area contributed by atoms with Gasteiger partial charge < -0.3 is 9.84 Å². The number of hydrogen-bond acceptors (Lipinski definition) is 6. The largest absolute Gasteiger partial charge is 0.507 e. The Labute approximate surface area is 202 Å². The molecular weight excluding hydrogens is 479 g/mol. The highest BCUT2D eigenvalue weighted by atomic mass is 35.5. The normalized spacial score (nSPS) is 17.5. The first-order valence-electron chi connectivity index (χ1n) is 10.1. The fourth-order valence-electron chi connectivity index (χ4n) is 3.91. The summed E-state index contributed by atoms with van der Waals surface area (Å²) in [5.41, 5.74) is 0.703. The van der Waals surface area contributed by atoms with Gasteiger partial charge in [-0.05, 0) is 48.5 Å². The first kappa shape index (κ1) is 22.1. The van der Waals surface area contributed by atoms with Gasteiger partial charge in [0.05, 0.1) is 22.9 Å². The van der Waals surface area contributed by atoms with Gasteiger partial charge in [-0.25, -0.2) is 9.37 Å². The molecule has 6 nitrogen and oxygen atoms in total. The number of aliphatic hydroxyl groups excluding tert-OH is 1. The Morgan fingerprint density at radius 2 is 1.85 bits per heavy atom. The van der Waals surface area contributed by atoms with Crippen LogP contribution in [0, 0.1) is 5.82 Å². The second-order valence-corrected chi connectivity index (χ2v) is 8.97. The van der Waals surface area contributed by atoms with Gasteiger partial charge in [-0.3, -0.25) is 14.5 Å². The Hall–Kier alpha value is -3.75. The highest BCUT2D eigenvalue weighted by Crippen LogP contribution is 2.45. The Bertz CT molecular complexity index is 1480. The molecule has 1 amide bonds. The minimum Gasteiger partial charge on any atom is -0.507 e. The molecule has 0 bridgehead atoms. The van der Waals surface area contributed by atoms with Crippen LogP contribution < -0.4 is 9.64 Å². The van der Waals surface area contributed by atoms with Crippen LogP contribution >= 0.6 is 22.9 Å². The highest BCUT2D eigenvalue weighted by molar-refractivity contribution is 7.22. The predicted octanol–water partition coefficient (Wildman–Crippen LogP) is 5.72. The van der Waals surface area contributed by atoms with Crippen molar-refractivity contribution in [2.45, 2.75) is 6.04 Å². The van der Waals surface area contributed by atoms with Crippen LogP contribution in [-0.2, 0) is 9.59 Å². The number of amides is 1. The number of ether oxygens (including phenoxy) is 1. The van der Waals surface area contributed by atoms with Gasteiger partial charge in [-0.1, -0.05) is 41.1 Å². The number of methoxy groups -OCH3 is 1. The molecule has 3 aromatic carbocycles. The molecule has 0 aliphatic carbocycles. The molecule has 0 spiro atoms. The minimum atomic E-state index is -1.21. The van der Waals surface area contributed by atoms with E-state index < -0.39 is 29.3 Å². The fourth-order valence-corrected chi connectivity index (χ4v) is 5.05. The molecule has 1 fully saturated rings. The van der Waals surface area contributed by atoms with E-state index in [1.807, 2.05) is 0 Å². The third-order valence-corrected chi connectivity index (χ3v) is 6.82. The zero-order valence-corrected chi connectivity index (χ0v) is 19.2. The number of fused-ring (bicyclic) bond motifs is 1. The Morgan fingerprint density at radius 1 is 1.12 bits per heavy atom. The number of ketones is 1. The molecule has 34 heavy (non-hydrogen) atoms. The van der Waals surface area contributed by atoms with Crippen LogP contribution in [0.1, 0.15) is 17.2 Å². The van der Waals surface area contributed by atoms with E-state index in [1.54, 1.807) is 36.4 Å². The van der Waals surface area contributed by atoms with E-state index in [0.29, 0.717) is 16.3 Å². The number of benzene rings is 3. The Morgan fingerprint density at radius 3 is 2.56 bits per heavy atom. The summed E-state index contributed by atoms with van der Waals surface area (Å²) in [5, 5.41) is 11.7. The third kappa shape index (κ3) is 3.61. The van der Waals surface area contributed by atoms with Gasteiger partial charge in [-0.2, -0.15) is 0 Å². The van der Waals surface area contributed by atoms with Crippen molar-refractivity contribution < 1.29 is 23.8 Å². The Kier molecular flexibility index (Phi) is 5.55. The van der Waals surface area contributed by atoms with Crippen molar-refractivity contribution in [3.63, 3.8) is 0 Å². The van der Waals surface area contributed by atoms with Gasteiger partial charge in [0.15, 0.2) is 5.13 Å². The van der Waals surface area contributed by atoms with Gasteiger partial charge in [0.2, 0.25) is 0 Å². The summed E-state index contributed by atoms with van der Waals surface area (Å²) in [6.45, 7) is 0. The van der Waals surface area contributed by atoms with Gasteiger partial charge in [0.25, 0.3) is 5.78 Å². The maximum Gasteiger partial charge on any atom is 0.301 e. The second kappa shape index (κ2) is 8.55. The lowest BCUT2D eigenvalue weighted by atomic mass is 9.95. The number of halogens is 2. The number of carbonyl (C=O) groups is 2. The van der Waals surface area contributed by atoms with E-state index >= 15 is 0 Å². The molecule has 2 heterocycles. The molecule has 170 valence electrons. The first-order chi connectivity index (χ1) is 16.4. The number of nitrogens with zero attached hydrogens (tertiary/aromatic N) is 2. The number of carbonyl (C=O) groups excluding carboxylic acids is 2. The van der Waals surface area contributed by atoms with Crippen LogP contribution in [-0.4, -0.2) is 28.9 Å². The predicted molar refractivity (Wildman–Crippen MR) is 129 cm³/mol. The van der Waals surface area contributed by atoms with Gasteiger partial charge in [0.1, 0.15) is 23.4 Å². The Balaban J connectivity index is 1.73. The van der Waals surface area contributed by atoms with E-state index in [0.717, 1.165) is 20.9 Å². The van der Waals surface area contributed by atoms with Crippen molar-refractivity contribution >= 4 is 55.7 Å². The van der Waals surface area contributed by atoms with Crippen LogP contribution in [0.3, 0.4) is 0 Å². The van der Waals surface area contributed by atoms with Crippen molar-refractivity contribution in [2.75, 3.05) is 12.0 Å². The second-order valence-electron chi connectivity index (χ2n) is 7.53. The topological polar surface area (TPSA) is 79.7 Å². The van der Waals surface area contributed by atoms with E-state index in [1.165, 1.54) is 37.4 Å². The van der Waals surface area contributed by atoms with Crippen molar-refractivity contribution in [1.82, 2.24) is 4.98 Å². The van der Waals surface area contributed by atoms with Gasteiger partial charge in [0, 0.05) is 16.1 Å². The van der Waals surface area contributed by atoms with Crippen molar-refractivity contribution in [3.05, 3.63) is 94.3 Å². The molecule has 5 rings (SSSR count). The summed E-state index contributed by atoms with van der Waals surface area (Å²) in [7, 11) is 1.54.